The van der Waals surface area contributed by atoms with Crippen molar-refractivity contribution in [2.45, 2.75) is 57.5 Å². The van der Waals surface area contributed by atoms with Gasteiger partial charge in [0.25, 0.3) is 0 Å². The summed E-state index contributed by atoms with van der Waals surface area (Å²) in [4.78, 5) is 25.6. The van der Waals surface area contributed by atoms with Gasteiger partial charge in [-0.3, -0.25) is 4.79 Å². The molecular formula is C15H28N4O4S. The van der Waals surface area contributed by atoms with Crippen LogP contribution in [-0.2, 0) is 14.8 Å². The summed E-state index contributed by atoms with van der Waals surface area (Å²) in [5.41, 5.74) is 5.13. The van der Waals surface area contributed by atoms with Crippen LogP contribution in [0.4, 0.5) is 4.79 Å². The van der Waals surface area contributed by atoms with Crippen LogP contribution in [0, 0.1) is 0 Å². The number of hydrogen-bond acceptors (Lipinski definition) is 4. The zero-order chi connectivity index (χ0) is 17.7. The van der Waals surface area contributed by atoms with Crippen molar-refractivity contribution in [1.29, 1.82) is 0 Å². The van der Waals surface area contributed by atoms with Crippen LogP contribution >= 0.6 is 0 Å². The van der Waals surface area contributed by atoms with E-state index >= 15 is 0 Å². The lowest BCUT2D eigenvalue weighted by molar-refractivity contribution is -0.136. The van der Waals surface area contributed by atoms with E-state index in [0.29, 0.717) is 45.3 Å². The summed E-state index contributed by atoms with van der Waals surface area (Å²) in [5.74, 6) is 0.0273. The summed E-state index contributed by atoms with van der Waals surface area (Å²) in [6.45, 7) is 3.49. The number of rotatable bonds is 6. The SMILES string of the molecule is CCCC[C@@H](C(=O)N1CCC(NC(N)=O)CC1)N1CCCS1(=O)=O. The number of amides is 3. The van der Waals surface area contributed by atoms with Gasteiger partial charge >= 0.3 is 6.03 Å². The second-order valence-corrected chi connectivity index (χ2v) is 8.59. The van der Waals surface area contributed by atoms with Crippen LogP contribution in [0.5, 0.6) is 0 Å². The standard InChI is InChI=1S/C15H28N4O4S/c1-2-3-5-13(19-8-4-11-24(19,22)23)14(20)18-9-6-12(7-10-18)17-15(16)21/h12-13H,2-11H2,1H3,(H3,16,17,21)/t13-/m0/s1. The maximum Gasteiger partial charge on any atom is 0.312 e. The molecule has 0 aromatic carbocycles. The summed E-state index contributed by atoms with van der Waals surface area (Å²) in [6, 6.07) is -1.15. The smallest absolute Gasteiger partial charge is 0.312 e. The Morgan fingerprint density at radius 3 is 2.42 bits per heavy atom. The van der Waals surface area contributed by atoms with Crippen LogP contribution in [0.1, 0.15) is 45.4 Å². The number of carbonyl (C=O) groups is 2. The molecule has 0 radical (unpaired) electrons. The summed E-state index contributed by atoms with van der Waals surface area (Å²) in [6.07, 6.45) is 4.17. The van der Waals surface area contributed by atoms with Crippen molar-refractivity contribution >= 4 is 22.0 Å². The quantitative estimate of drug-likeness (QED) is 0.706. The fourth-order valence-corrected chi connectivity index (χ4v) is 5.17. The van der Waals surface area contributed by atoms with Gasteiger partial charge in [-0.15, -0.1) is 0 Å². The fraction of sp³-hybridized carbons (Fsp3) is 0.867. The molecule has 0 saturated carbocycles. The fourth-order valence-electron chi connectivity index (χ4n) is 3.45. The van der Waals surface area contributed by atoms with Crippen molar-refractivity contribution in [3.8, 4) is 0 Å². The molecule has 8 nitrogen and oxygen atoms in total. The van der Waals surface area contributed by atoms with E-state index in [9.17, 15) is 18.0 Å². The number of primary amides is 1. The van der Waals surface area contributed by atoms with Crippen LogP contribution in [0.15, 0.2) is 0 Å². The van der Waals surface area contributed by atoms with Crippen molar-refractivity contribution in [3.05, 3.63) is 0 Å². The van der Waals surface area contributed by atoms with E-state index in [1.54, 1.807) is 4.90 Å². The first-order chi connectivity index (χ1) is 11.3. The van der Waals surface area contributed by atoms with Crippen LogP contribution in [0.3, 0.4) is 0 Å². The second kappa shape index (κ2) is 8.15. The van der Waals surface area contributed by atoms with E-state index in [4.69, 9.17) is 5.73 Å². The Labute approximate surface area is 143 Å². The average Bonchev–Trinajstić information content (AvgIpc) is 2.87. The number of nitrogens with one attached hydrogen (secondary N) is 1. The third kappa shape index (κ3) is 4.60. The molecule has 0 aliphatic carbocycles. The molecule has 2 aliphatic heterocycles. The van der Waals surface area contributed by atoms with Gasteiger partial charge in [0.05, 0.1) is 5.75 Å². The number of sulfonamides is 1. The van der Waals surface area contributed by atoms with Gasteiger partial charge in [-0.05, 0) is 25.7 Å². The summed E-state index contributed by atoms with van der Waals surface area (Å²) >= 11 is 0. The molecule has 24 heavy (non-hydrogen) atoms. The van der Waals surface area contributed by atoms with Gasteiger partial charge in [0.2, 0.25) is 15.9 Å². The minimum Gasteiger partial charge on any atom is -0.352 e. The van der Waals surface area contributed by atoms with Gasteiger partial charge in [-0.2, -0.15) is 4.31 Å². The zero-order valence-electron chi connectivity index (χ0n) is 14.2. The molecule has 0 spiro atoms. The Kier molecular flexibility index (Phi) is 6.45. The molecule has 0 aromatic heterocycles. The van der Waals surface area contributed by atoms with Gasteiger partial charge < -0.3 is 16.0 Å². The van der Waals surface area contributed by atoms with Crippen LogP contribution < -0.4 is 11.1 Å². The molecule has 2 heterocycles. The molecule has 0 aromatic rings. The molecule has 1 atom stereocenters. The zero-order valence-corrected chi connectivity index (χ0v) is 15.1. The number of carbonyl (C=O) groups excluding carboxylic acids is 2. The number of likely N-dealkylation sites (tertiary alicyclic amines) is 1. The molecule has 3 amide bonds. The van der Waals surface area contributed by atoms with E-state index < -0.39 is 22.1 Å². The highest BCUT2D eigenvalue weighted by atomic mass is 32.2. The largest absolute Gasteiger partial charge is 0.352 e. The molecule has 9 heteroatoms. The highest BCUT2D eigenvalue weighted by Gasteiger charge is 2.40. The van der Waals surface area contributed by atoms with Gasteiger partial charge in [0, 0.05) is 25.7 Å². The Morgan fingerprint density at radius 2 is 1.92 bits per heavy atom. The number of nitrogens with zero attached hydrogens (tertiary/aromatic N) is 2. The van der Waals surface area contributed by atoms with Crippen LogP contribution in [-0.4, -0.2) is 67.0 Å². The maximum absolute atomic E-state index is 12.9. The van der Waals surface area contributed by atoms with Crippen molar-refractivity contribution in [2.24, 2.45) is 5.73 Å². The summed E-state index contributed by atoms with van der Waals surface area (Å²) < 4.78 is 25.8. The summed E-state index contributed by atoms with van der Waals surface area (Å²) in [7, 11) is -3.31. The van der Waals surface area contributed by atoms with Crippen LogP contribution in [0.25, 0.3) is 0 Å². The van der Waals surface area contributed by atoms with Crippen molar-refractivity contribution in [3.63, 3.8) is 0 Å². The maximum atomic E-state index is 12.9. The minimum absolute atomic E-state index is 0.0174. The van der Waals surface area contributed by atoms with Crippen molar-refractivity contribution in [1.82, 2.24) is 14.5 Å². The van der Waals surface area contributed by atoms with Crippen molar-refractivity contribution in [2.75, 3.05) is 25.4 Å². The molecule has 138 valence electrons. The number of urea groups is 1. The van der Waals surface area contributed by atoms with Crippen molar-refractivity contribution < 1.29 is 18.0 Å². The van der Waals surface area contributed by atoms with E-state index in [1.807, 2.05) is 6.92 Å². The number of hydrogen-bond donors (Lipinski definition) is 2. The van der Waals surface area contributed by atoms with Gasteiger partial charge in [-0.25, -0.2) is 13.2 Å². The lowest BCUT2D eigenvalue weighted by atomic mass is 10.0. The molecule has 0 unspecified atom stereocenters. The van der Waals surface area contributed by atoms with Gasteiger partial charge in [-0.1, -0.05) is 19.8 Å². The normalized spacial score (nSPS) is 23.1. The summed E-state index contributed by atoms with van der Waals surface area (Å²) in [5, 5.41) is 2.67. The highest BCUT2D eigenvalue weighted by Crippen LogP contribution is 2.23. The molecule has 2 aliphatic rings. The highest BCUT2D eigenvalue weighted by molar-refractivity contribution is 7.89. The second-order valence-electron chi connectivity index (χ2n) is 6.55. The van der Waals surface area contributed by atoms with E-state index in [-0.39, 0.29) is 17.7 Å². The molecule has 2 fully saturated rings. The van der Waals surface area contributed by atoms with E-state index in [0.717, 1.165) is 12.8 Å². The lowest BCUT2D eigenvalue weighted by Gasteiger charge is -2.36. The number of nitrogens with two attached hydrogens (primary N) is 1. The first-order valence-electron chi connectivity index (χ1n) is 8.69. The Bertz CT molecular complexity index is 558. The molecule has 2 rings (SSSR count). The first-order valence-corrected chi connectivity index (χ1v) is 10.3. The monoisotopic (exact) mass is 360 g/mol. The Hall–Kier alpha value is -1.35. The van der Waals surface area contributed by atoms with Crippen LogP contribution in [0.2, 0.25) is 0 Å². The third-order valence-electron chi connectivity index (χ3n) is 4.75. The molecule has 2 saturated heterocycles. The first kappa shape index (κ1) is 19.0. The molecule has 0 bridgehead atoms. The van der Waals surface area contributed by atoms with E-state index in [2.05, 4.69) is 5.32 Å². The Morgan fingerprint density at radius 1 is 1.25 bits per heavy atom. The van der Waals surface area contributed by atoms with Gasteiger partial charge in [0.1, 0.15) is 6.04 Å². The molecular weight excluding hydrogens is 332 g/mol. The Balaban J connectivity index is 2.02. The van der Waals surface area contributed by atoms with E-state index in [1.165, 1.54) is 4.31 Å². The predicted octanol–water partition coefficient (Wildman–Crippen LogP) is 0.240. The third-order valence-corrected chi connectivity index (χ3v) is 6.71. The lowest BCUT2D eigenvalue weighted by Crippen LogP contribution is -2.53. The number of unbranched alkanes of at least 4 members (excludes halogenated alkanes) is 1. The minimum atomic E-state index is -3.31. The van der Waals surface area contributed by atoms with Gasteiger partial charge in [0.15, 0.2) is 0 Å². The predicted molar refractivity (Wildman–Crippen MR) is 90.7 cm³/mol. The number of piperidine rings is 1. The topological polar surface area (TPSA) is 113 Å². The molecule has 3 N–H and O–H groups in total. The average molecular weight is 360 g/mol.